The Kier molecular flexibility index (Phi) is 4.83. The number of carboxylic acids is 1. The van der Waals surface area contributed by atoms with E-state index in [0.29, 0.717) is 25.9 Å². The number of carboxylic acid groups (broad SMARTS) is 1. The van der Waals surface area contributed by atoms with Crippen molar-refractivity contribution in [2.45, 2.75) is 32.4 Å². The molecule has 1 aromatic carbocycles. The summed E-state index contributed by atoms with van der Waals surface area (Å²) in [6.45, 7) is 2.48. The lowest BCUT2D eigenvalue weighted by Gasteiger charge is -2.34. The molecule has 0 saturated carbocycles. The second kappa shape index (κ2) is 6.80. The number of nitrogens with one attached hydrogen (secondary N) is 1. The van der Waals surface area contributed by atoms with Gasteiger partial charge in [0.15, 0.2) is 0 Å². The molecular weight excluding hydrogens is 268 g/mol. The first kappa shape index (κ1) is 14.9. The highest BCUT2D eigenvalue weighted by Gasteiger charge is 2.34. The lowest BCUT2D eigenvalue weighted by Crippen LogP contribution is -2.52. The van der Waals surface area contributed by atoms with E-state index in [1.165, 1.54) is 4.90 Å². The summed E-state index contributed by atoms with van der Waals surface area (Å²) in [7, 11) is 0. The number of benzene rings is 1. The van der Waals surface area contributed by atoms with Crippen LogP contribution in [0.1, 0.15) is 24.5 Å². The molecule has 1 aromatic rings. The van der Waals surface area contributed by atoms with E-state index < -0.39 is 12.0 Å². The van der Waals surface area contributed by atoms with E-state index in [9.17, 15) is 14.7 Å². The van der Waals surface area contributed by atoms with E-state index in [1.54, 1.807) is 6.92 Å². The maximum Gasteiger partial charge on any atom is 0.326 e. The van der Waals surface area contributed by atoms with Crippen LogP contribution in [0, 0.1) is 11.8 Å². The maximum absolute atomic E-state index is 12.2. The van der Waals surface area contributed by atoms with Crippen molar-refractivity contribution in [3.05, 3.63) is 35.4 Å². The van der Waals surface area contributed by atoms with Crippen molar-refractivity contribution in [1.82, 2.24) is 10.2 Å². The smallest absolute Gasteiger partial charge is 0.326 e. The minimum Gasteiger partial charge on any atom is -0.480 e. The van der Waals surface area contributed by atoms with Crippen molar-refractivity contribution in [3.8, 4) is 11.8 Å². The van der Waals surface area contributed by atoms with Crippen LogP contribution in [-0.4, -0.2) is 34.6 Å². The van der Waals surface area contributed by atoms with Gasteiger partial charge in [0.2, 0.25) is 0 Å². The first-order valence-electron chi connectivity index (χ1n) is 6.87. The highest BCUT2D eigenvalue weighted by molar-refractivity contribution is 5.83. The largest absolute Gasteiger partial charge is 0.480 e. The quantitative estimate of drug-likeness (QED) is 0.655. The molecule has 5 heteroatoms. The summed E-state index contributed by atoms with van der Waals surface area (Å²) >= 11 is 0. The van der Waals surface area contributed by atoms with Gasteiger partial charge < -0.3 is 15.3 Å². The van der Waals surface area contributed by atoms with Crippen LogP contribution in [0.5, 0.6) is 0 Å². The van der Waals surface area contributed by atoms with Crippen LogP contribution >= 0.6 is 0 Å². The highest BCUT2D eigenvalue weighted by Crippen LogP contribution is 2.23. The predicted molar refractivity (Wildman–Crippen MR) is 78.6 cm³/mol. The van der Waals surface area contributed by atoms with Gasteiger partial charge in [0.25, 0.3) is 0 Å². The average Bonchev–Trinajstić information content (AvgIpc) is 2.50. The molecule has 5 nitrogen and oxygen atoms in total. The van der Waals surface area contributed by atoms with Gasteiger partial charge in [0.05, 0.1) is 0 Å². The molecule has 0 aliphatic carbocycles. The molecule has 1 aliphatic rings. The molecule has 1 aliphatic heterocycles. The molecule has 2 rings (SSSR count). The molecule has 2 amide bonds. The molecule has 1 atom stereocenters. The Balaban J connectivity index is 2.10. The van der Waals surface area contributed by atoms with Crippen LogP contribution in [0.3, 0.4) is 0 Å². The summed E-state index contributed by atoms with van der Waals surface area (Å²) in [6.07, 6.45) is 0.901. The number of carbonyl (C=O) groups is 2. The Bertz CT molecular complexity index is 601. The second-order valence-electron chi connectivity index (χ2n) is 4.86. The number of amides is 2. The van der Waals surface area contributed by atoms with Crippen LogP contribution in [-0.2, 0) is 17.8 Å². The van der Waals surface area contributed by atoms with E-state index in [0.717, 1.165) is 11.1 Å². The molecule has 0 aromatic heterocycles. The molecule has 1 heterocycles. The number of carbonyl (C=O) groups excluding carboxylic acids is 1. The molecular formula is C16H18N2O3. The number of hydrogen-bond acceptors (Lipinski definition) is 2. The summed E-state index contributed by atoms with van der Waals surface area (Å²) < 4.78 is 0. The van der Waals surface area contributed by atoms with Crippen molar-refractivity contribution >= 4 is 12.0 Å². The monoisotopic (exact) mass is 286 g/mol. The van der Waals surface area contributed by atoms with Gasteiger partial charge in [-0.1, -0.05) is 24.3 Å². The Hall–Kier alpha value is -2.48. The predicted octanol–water partition coefficient (Wildman–Crippen LogP) is 1.62. The van der Waals surface area contributed by atoms with Gasteiger partial charge in [-0.2, -0.15) is 0 Å². The van der Waals surface area contributed by atoms with E-state index in [1.807, 2.05) is 24.3 Å². The van der Waals surface area contributed by atoms with Crippen molar-refractivity contribution in [1.29, 1.82) is 0 Å². The van der Waals surface area contributed by atoms with E-state index >= 15 is 0 Å². The maximum atomic E-state index is 12.2. The first-order valence-corrected chi connectivity index (χ1v) is 6.87. The molecule has 0 bridgehead atoms. The molecule has 2 N–H and O–H groups in total. The Morgan fingerprint density at radius 3 is 2.76 bits per heavy atom. The highest BCUT2D eigenvalue weighted by atomic mass is 16.4. The van der Waals surface area contributed by atoms with Crippen molar-refractivity contribution in [2.75, 3.05) is 6.54 Å². The summed E-state index contributed by atoms with van der Waals surface area (Å²) in [6, 6.07) is 6.45. The van der Waals surface area contributed by atoms with Gasteiger partial charge in [-0.15, -0.1) is 11.8 Å². The van der Waals surface area contributed by atoms with Crippen LogP contribution in [0.15, 0.2) is 24.3 Å². The topological polar surface area (TPSA) is 69.6 Å². The first-order chi connectivity index (χ1) is 10.1. The molecule has 0 radical (unpaired) electrons. The Morgan fingerprint density at radius 1 is 1.38 bits per heavy atom. The molecule has 0 spiro atoms. The van der Waals surface area contributed by atoms with Gasteiger partial charge in [-0.25, -0.2) is 9.59 Å². The lowest BCUT2D eigenvalue weighted by molar-refractivity contribution is -0.142. The molecule has 0 unspecified atom stereocenters. The van der Waals surface area contributed by atoms with Crippen molar-refractivity contribution < 1.29 is 14.7 Å². The zero-order valence-corrected chi connectivity index (χ0v) is 11.9. The fraction of sp³-hybridized carbons (Fsp3) is 0.375. The summed E-state index contributed by atoms with van der Waals surface area (Å²) in [5.74, 6) is 4.63. The standard InChI is InChI=1S/C16H18N2O3/c1-2-3-6-9-17-16(21)18-11-13-8-5-4-7-12(13)10-14(18)15(19)20/h4-5,7-8,14H,6,9-11H2,1H3,(H,17,21)(H,19,20)/t14-/m1/s1. The van der Waals surface area contributed by atoms with Crippen LogP contribution in [0.25, 0.3) is 0 Å². The number of nitrogens with zero attached hydrogens (tertiary/aromatic N) is 1. The minimum absolute atomic E-state index is 0.318. The molecule has 21 heavy (non-hydrogen) atoms. The van der Waals surface area contributed by atoms with Crippen molar-refractivity contribution in [3.63, 3.8) is 0 Å². The normalized spacial score (nSPS) is 16.4. The fourth-order valence-corrected chi connectivity index (χ4v) is 2.42. The van der Waals surface area contributed by atoms with Gasteiger partial charge in [-0.3, -0.25) is 0 Å². The summed E-state index contributed by atoms with van der Waals surface area (Å²) in [4.78, 5) is 25.0. The van der Waals surface area contributed by atoms with Gasteiger partial charge in [0.1, 0.15) is 6.04 Å². The summed E-state index contributed by atoms with van der Waals surface area (Å²) in [5.41, 5.74) is 1.99. The fourth-order valence-electron chi connectivity index (χ4n) is 2.42. The Labute approximate surface area is 124 Å². The minimum atomic E-state index is -0.979. The van der Waals surface area contributed by atoms with Gasteiger partial charge >= 0.3 is 12.0 Å². The summed E-state index contributed by atoms with van der Waals surface area (Å²) in [5, 5.41) is 12.1. The van der Waals surface area contributed by atoms with E-state index in [4.69, 9.17) is 0 Å². The second-order valence-corrected chi connectivity index (χ2v) is 4.86. The third-order valence-corrected chi connectivity index (χ3v) is 3.50. The molecule has 0 fully saturated rings. The number of rotatable bonds is 3. The number of urea groups is 1. The zero-order valence-electron chi connectivity index (χ0n) is 11.9. The van der Waals surface area contributed by atoms with E-state index in [2.05, 4.69) is 17.2 Å². The molecule has 0 saturated heterocycles. The number of fused-ring (bicyclic) bond motifs is 1. The van der Waals surface area contributed by atoms with E-state index in [-0.39, 0.29) is 6.03 Å². The van der Waals surface area contributed by atoms with Crippen molar-refractivity contribution in [2.24, 2.45) is 0 Å². The third kappa shape index (κ3) is 3.54. The third-order valence-electron chi connectivity index (χ3n) is 3.50. The van der Waals surface area contributed by atoms with Crippen LogP contribution in [0.4, 0.5) is 4.79 Å². The average molecular weight is 286 g/mol. The Morgan fingerprint density at radius 2 is 2.10 bits per heavy atom. The number of aliphatic carboxylic acids is 1. The van der Waals surface area contributed by atoms with Gasteiger partial charge in [0, 0.05) is 25.9 Å². The van der Waals surface area contributed by atoms with Crippen LogP contribution < -0.4 is 5.32 Å². The molecule has 110 valence electrons. The SMILES string of the molecule is CC#CCCNC(=O)N1Cc2ccccc2C[C@@H]1C(=O)O. The van der Waals surface area contributed by atoms with Gasteiger partial charge in [-0.05, 0) is 18.1 Å². The zero-order chi connectivity index (χ0) is 15.2. The lowest BCUT2D eigenvalue weighted by atomic mass is 9.94. The van der Waals surface area contributed by atoms with Crippen LogP contribution in [0.2, 0.25) is 0 Å². The number of hydrogen-bond donors (Lipinski definition) is 2.